The van der Waals surface area contributed by atoms with Crippen LogP contribution in [0.5, 0.6) is 0 Å². The molecule has 0 bridgehead atoms. The van der Waals surface area contributed by atoms with Gasteiger partial charge in [-0.1, -0.05) is 0 Å². The third-order valence-electron chi connectivity index (χ3n) is 1.90. The minimum absolute atomic E-state index is 0.118. The molecule has 1 aromatic heterocycles. The number of carboxylic acids is 1. The lowest BCUT2D eigenvalue weighted by Crippen LogP contribution is -2.18. The summed E-state index contributed by atoms with van der Waals surface area (Å²) in [6.45, 7) is 1.73. The van der Waals surface area contributed by atoms with Crippen LogP contribution in [-0.4, -0.2) is 21.5 Å². The van der Waals surface area contributed by atoms with Crippen LogP contribution in [0.3, 0.4) is 0 Å². The molecule has 5 nitrogen and oxygen atoms in total. The first-order valence-corrected chi connectivity index (χ1v) is 3.69. The van der Waals surface area contributed by atoms with Crippen LogP contribution in [0, 0.1) is 12.3 Å². The Hall–Kier alpha value is -1.78. The van der Waals surface area contributed by atoms with Crippen LogP contribution < -0.4 is 5.73 Å². The molecule has 1 rings (SSSR count). The molecule has 0 radical (unpaired) electrons. The SMILES string of the molecule is Cc1cc(C(=O)O)n(C)c1C(=N)N. The van der Waals surface area contributed by atoms with Gasteiger partial charge in [-0.3, -0.25) is 5.41 Å². The second-order valence-electron chi connectivity index (χ2n) is 2.84. The molecule has 0 atom stereocenters. The molecule has 0 unspecified atom stereocenters. The summed E-state index contributed by atoms with van der Waals surface area (Å²) in [5.74, 6) is -1.13. The molecule has 70 valence electrons. The Bertz CT molecular complexity index is 379. The summed E-state index contributed by atoms with van der Waals surface area (Å²) in [6, 6.07) is 1.50. The number of hydrogen-bond acceptors (Lipinski definition) is 2. The van der Waals surface area contributed by atoms with Crippen molar-refractivity contribution in [3.63, 3.8) is 0 Å². The van der Waals surface area contributed by atoms with E-state index in [0.29, 0.717) is 11.3 Å². The van der Waals surface area contributed by atoms with Crippen molar-refractivity contribution in [2.24, 2.45) is 12.8 Å². The lowest BCUT2D eigenvalue weighted by Gasteiger charge is -2.03. The molecule has 0 fully saturated rings. The summed E-state index contributed by atoms with van der Waals surface area (Å²) in [5, 5.41) is 16.0. The smallest absolute Gasteiger partial charge is 0.352 e. The second kappa shape index (κ2) is 2.93. The van der Waals surface area contributed by atoms with Gasteiger partial charge in [0.1, 0.15) is 11.5 Å². The van der Waals surface area contributed by atoms with Gasteiger partial charge in [0, 0.05) is 7.05 Å². The average molecular weight is 181 g/mol. The van der Waals surface area contributed by atoms with Gasteiger partial charge in [-0.2, -0.15) is 0 Å². The van der Waals surface area contributed by atoms with Crippen molar-refractivity contribution in [1.82, 2.24) is 4.57 Å². The lowest BCUT2D eigenvalue weighted by atomic mass is 10.2. The first-order chi connectivity index (χ1) is 5.95. The van der Waals surface area contributed by atoms with E-state index in [1.807, 2.05) is 0 Å². The van der Waals surface area contributed by atoms with Crippen LogP contribution >= 0.6 is 0 Å². The highest BCUT2D eigenvalue weighted by molar-refractivity contribution is 5.97. The van der Waals surface area contributed by atoms with Gasteiger partial charge in [0.25, 0.3) is 0 Å². The fourth-order valence-electron chi connectivity index (χ4n) is 1.35. The molecule has 0 saturated carbocycles. The highest BCUT2D eigenvalue weighted by atomic mass is 16.4. The summed E-state index contributed by atoms with van der Waals surface area (Å²) >= 11 is 0. The van der Waals surface area contributed by atoms with E-state index >= 15 is 0 Å². The van der Waals surface area contributed by atoms with E-state index < -0.39 is 5.97 Å². The molecular formula is C8H11N3O2. The molecule has 0 amide bonds. The minimum Gasteiger partial charge on any atom is -0.477 e. The number of rotatable bonds is 2. The van der Waals surface area contributed by atoms with Crippen molar-refractivity contribution in [3.05, 3.63) is 23.0 Å². The number of carboxylic acid groups (broad SMARTS) is 1. The van der Waals surface area contributed by atoms with E-state index in [2.05, 4.69) is 0 Å². The highest BCUT2D eigenvalue weighted by Gasteiger charge is 2.15. The molecular weight excluding hydrogens is 170 g/mol. The van der Waals surface area contributed by atoms with E-state index in [1.165, 1.54) is 10.6 Å². The second-order valence-corrected chi connectivity index (χ2v) is 2.84. The number of nitrogens with zero attached hydrogens (tertiary/aromatic N) is 1. The number of hydrogen-bond donors (Lipinski definition) is 3. The Balaban J connectivity index is 3.39. The number of aryl methyl sites for hydroxylation is 1. The van der Waals surface area contributed by atoms with Crippen LogP contribution in [0.25, 0.3) is 0 Å². The standard InChI is InChI=1S/C8H11N3O2/c1-4-3-5(8(12)13)11(2)6(4)7(9)10/h3H,1-2H3,(H3,9,10)(H,12,13). The molecule has 5 heteroatoms. The van der Waals surface area contributed by atoms with Crippen molar-refractivity contribution in [1.29, 1.82) is 5.41 Å². The quantitative estimate of drug-likeness (QED) is 0.453. The number of aromatic carboxylic acids is 1. The first kappa shape index (κ1) is 9.31. The van der Waals surface area contributed by atoms with Crippen LogP contribution in [0.15, 0.2) is 6.07 Å². The summed E-state index contributed by atoms with van der Waals surface area (Å²) in [6.07, 6.45) is 0. The van der Waals surface area contributed by atoms with Crippen LogP contribution in [-0.2, 0) is 7.05 Å². The molecule has 0 aliphatic carbocycles. The Labute approximate surface area is 75.3 Å². The molecule has 13 heavy (non-hydrogen) atoms. The van der Waals surface area contributed by atoms with Crippen LogP contribution in [0.1, 0.15) is 21.7 Å². The number of nitrogen functional groups attached to an aromatic ring is 1. The van der Waals surface area contributed by atoms with Gasteiger partial charge >= 0.3 is 5.97 Å². The molecule has 0 spiro atoms. The summed E-state index contributed by atoms with van der Waals surface area (Å²) in [7, 11) is 1.58. The monoisotopic (exact) mass is 181 g/mol. The number of aromatic nitrogens is 1. The fourth-order valence-corrected chi connectivity index (χ4v) is 1.35. The third kappa shape index (κ3) is 1.40. The number of nitrogens with two attached hydrogens (primary N) is 1. The van der Waals surface area contributed by atoms with Gasteiger partial charge in [0.2, 0.25) is 0 Å². The van der Waals surface area contributed by atoms with Crippen molar-refractivity contribution in [3.8, 4) is 0 Å². The predicted molar refractivity (Wildman–Crippen MR) is 48.1 cm³/mol. The minimum atomic E-state index is -1.02. The van der Waals surface area contributed by atoms with Gasteiger partial charge in [0.05, 0.1) is 5.69 Å². The van der Waals surface area contributed by atoms with Gasteiger partial charge in [-0.05, 0) is 18.6 Å². The Kier molecular flexibility index (Phi) is 2.10. The molecule has 0 aliphatic heterocycles. The highest BCUT2D eigenvalue weighted by Crippen LogP contribution is 2.12. The number of carbonyl (C=O) groups is 1. The Morgan fingerprint density at radius 1 is 1.69 bits per heavy atom. The third-order valence-corrected chi connectivity index (χ3v) is 1.90. The lowest BCUT2D eigenvalue weighted by molar-refractivity contribution is 0.0686. The molecule has 0 saturated heterocycles. The van der Waals surface area contributed by atoms with Gasteiger partial charge in [-0.25, -0.2) is 4.79 Å². The van der Waals surface area contributed by atoms with E-state index in [0.717, 1.165) is 0 Å². The van der Waals surface area contributed by atoms with Crippen LogP contribution in [0.4, 0.5) is 0 Å². The van der Waals surface area contributed by atoms with E-state index in [9.17, 15) is 4.79 Å². The van der Waals surface area contributed by atoms with E-state index in [1.54, 1.807) is 14.0 Å². The van der Waals surface area contributed by atoms with E-state index in [-0.39, 0.29) is 11.5 Å². The zero-order valence-corrected chi connectivity index (χ0v) is 7.46. The molecule has 0 aromatic carbocycles. The fraction of sp³-hybridized carbons (Fsp3) is 0.250. The van der Waals surface area contributed by atoms with Crippen molar-refractivity contribution in [2.45, 2.75) is 6.92 Å². The largest absolute Gasteiger partial charge is 0.477 e. The Morgan fingerprint density at radius 2 is 2.23 bits per heavy atom. The van der Waals surface area contributed by atoms with Crippen molar-refractivity contribution >= 4 is 11.8 Å². The zero-order chi connectivity index (χ0) is 10.2. The van der Waals surface area contributed by atoms with Crippen molar-refractivity contribution < 1.29 is 9.90 Å². The maximum absolute atomic E-state index is 10.7. The van der Waals surface area contributed by atoms with Gasteiger partial charge in [0.15, 0.2) is 0 Å². The molecule has 0 aliphatic rings. The number of amidine groups is 1. The zero-order valence-electron chi connectivity index (χ0n) is 7.46. The summed E-state index contributed by atoms with van der Waals surface area (Å²) in [5.41, 5.74) is 6.60. The normalized spacial score (nSPS) is 10.0. The number of nitrogens with one attached hydrogen (secondary N) is 1. The summed E-state index contributed by atoms with van der Waals surface area (Å²) < 4.78 is 1.40. The molecule has 4 N–H and O–H groups in total. The maximum atomic E-state index is 10.7. The van der Waals surface area contributed by atoms with Crippen LogP contribution in [0.2, 0.25) is 0 Å². The summed E-state index contributed by atoms with van der Waals surface area (Å²) in [4.78, 5) is 10.7. The molecule has 1 heterocycles. The molecule has 1 aromatic rings. The average Bonchev–Trinajstić information content (AvgIpc) is 2.26. The van der Waals surface area contributed by atoms with Crippen molar-refractivity contribution in [2.75, 3.05) is 0 Å². The first-order valence-electron chi connectivity index (χ1n) is 3.69. The Morgan fingerprint density at radius 3 is 2.46 bits per heavy atom. The van der Waals surface area contributed by atoms with Gasteiger partial charge < -0.3 is 15.4 Å². The predicted octanol–water partition coefficient (Wildman–Crippen LogP) is 0.316. The van der Waals surface area contributed by atoms with E-state index in [4.69, 9.17) is 16.2 Å². The van der Waals surface area contributed by atoms with Gasteiger partial charge in [-0.15, -0.1) is 0 Å². The maximum Gasteiger partial charge on any atom is 0.352 e. The topological polar surface area (TPSA) is 92.1 Å².